The molecule has 0 nitrogen and oxygen atoms in total. The Balaban J connectivity index is 2.89. The molecule has 0 N–H and O–H groups in total. The topological polar surface area (TPSA) is 0 Å². The van der Waals surface area contributed by atoms with E-state index in [2.05, 4.69) is 25.7 Å². The first-order chi connectivity index (χ1) is 4.91. The summed E-state index contributed by atoms with van der Waals surface area (Å²) in [5, 5.41) is 0. The standard InChI is InChI=1S/C10H17/c1-3-5-7-9-10-8-6-4-2/h3,6,8H,1-2,4-5,7,9-10H2. The molecule has 0 aromatic rings. The fraction of sp³-hybridized carbons (Fsp3) is 0.500. The van der Waals surface area contributed by atoms with Crippen LogP contribution in [0.25, 0.3) is 0 Å². The maximum Gasteiger partial charge on any atom is -0.0351 e. The molecule has 0 atom stereocenters. The van der Waals surface area contributed by atoms with Gasteiger partial charge < -0.3 is 0 Å². The zero-order chi connectivity index (χ0) is 7.66. The number of hydrogen-bond acceptors (Lipinski definition) is 0. The van der Waals surface area contributed by atoms with Crippen LogP contribution in [0.1, 0.15) is 32.1 Å². The van der Waals surface area contributed by atoms with E-state index in [9.17, 15) is 0 Å². The Labute approximate surface area is 64.6 Å². The second-order valence-electron chi connectivity index (χ2n) is 2.33. The lowest BCUT2D eigenvalue weighted by molar-refractivity contribution is 0.762. The van der Waals surface area contributed by atoms with E-state index >= 15 is 0 Å². The van der Waals surface area contributed by atoms with Crippen molar-refractivity contribution in [1.82, 2.24) is 0 Å². The van der Waals surface area contributed by atoms with Gasteiger partial charge in [0.05, 0.1) is 0 Å². The zero-order valence-corrected chi connectivity index (χ0v) is 6.68. The summed E-state index contributed by atoms with van der Waals surface area (Å²) in [7, 11) is 0. The highest BCUT2D eigenvalue weighted by Crippen LogP contribution is 2.00. The fourth-order valence-electron chi connectivity index (χ4n) is 0.787. The molecule has 0 fully saturated rings. The summed E-state index contributed by atoms with van der Waals surface area (Å²) in [6.07, 6.45) is 12.1. The van der Waals surface area contributed by atoms with Gasteiger partial charge in [-0.3, -0.25) is 0 Å². The first-order valence-corrected chi connectivity index (χ1v) is 3.97. The second-order valence-corrected chi connectivity index (χ2v) is 2.33. The monoisotopic (exact) mass is 137 g/mol. The van der Waals surface area contributed by atoms with E-state index in [4.69, 9.17) is 0 Å². The lowest BCUT2D eigenvalue weighted by Crippen LogP contribution is -1.70. The van der Waals surface area contributed by atoms with Gasteiger partial charge in [0.15, 0.2) is 0 Å². The van der Waals surface area contributed by atoms with Crippen molar-refractivity contribution < 1.29 is 0 Å². The van der Waals surface area contributed by atoms with Crippen molar-refractivity contribution in [2.45, 2.75) is 32.1 Å². The van der Waals surface area contributed by atoms with E-state index in [1.165, 1.54) is 19.3 Å². The van der Waals surface area contributed by atoms with Gasteiger partial charge in [0.25, 0.3) is 0 Å². The van der Waals surface area contributed by atoms with Gasteiger partial charge >= 0.3 is 0 Å². The van der Waals surface area contributed by atoms with Crippen molar-refractivity contribution in [1.29, 1.82) is 0 Å². The maximum atomic E-state index is 3.72. The van der Waals surface area contributed by atoms with Gasteiger partial charge in [0.1, 0.15) is 0 Å². The highest BCUT2D eigenvalue weighted by atomic mass is 13.9. The van der Waals surface area contributed by atoms with Crippen molar-refractivity contribution in [3.8, 4) is 0 Å². The van der Waals surface area contributed by atoms with Crippen molar-refractivity contribution in [3.63, 3.8) is 0 Å². The summed E-state index contributed by atoms with van der Waals surface area (Å²) in [4.78, 5) is 0. The van der Waals surface area contributed by atoms with Gasteiger partial charge in [-0.05, 0) is 39.0 Å². The summed E-state index contributed by atoms with van der Waals surface area (Å²) in [5.74, 6) is 0. The molecule has 10 heavy (non-hydrogen) atoms. The SMILES string of the molecule is [CH2]CC=CCCCCC=C. The molecule has 0 amide bonds. The Kier molecular flexibility index (Phi) is 8.04. The minimum absolute atomic E-state index is 0.918. The van der Waals surface area contributed by atoms with Gasteiger partial charge in [-0.25, -0.2) is 0 Å². The van der Waals surface area contributed by atoms with Crippen LogP contribution in [0, 0.1) is 6.92 Å². The summed E-state index contributed by atoms with van der Waals surface area (Å²) in [5.41, 5.74) is 0. The molecule has 0 aliphatic carbocycles. The first-order valence-electron chi connectivity index (χ1n) is 3.97. The van der Waals surface area contributed by atoms with Crippen molar-refractivity contribution in [2.24, 2.45) is 0 Å². The molecule has 0 aromatic heterocycles. The largest absolute Gasteiger partial charge is 0.103 e. The van der Waals surface area contributed by atoms with Gasteiger partial charge in [0, 0.05) is 0 Å². The smallest absolute Gasteiger partial charge is 0.0351 e. The van der Waals surface area contributed by atoms with Crippen LogP contribution in [-0.2, 0) is 0 Å². The maximum absolute atomic E-state index is 3.72. The zero-order valence-electron chi connectivity index (χ0n) is 6.68. The van der Waals surface area contributed by atoms with Crippen LogP contribution in [0.4, 0.5) is 0 Å². The molecule has 0 rings (SSSR count). The van der Waals surface area contributed by atoms with Crippen LogP contribution in [0.3, 0.4) is 0 Å². The molecular weight excluding hydrogens is 120 g/mol. The van der Waals surface area contributed by atoms with Crippen molar-refractivity contribution in [2.75, 3.05) is 0 Å². The van der Waals surface area contributed by atoms with Crippen LogP contribution in [0.15, 0.2) is 24.8 Å². The molecule has 0 heteroatoms. The normalized spacial score (nSPS) is 10.5. The Morgan fingerprint density at radius 1 is 1.00 bits per heavy atom. The molecule has 57 valence electrons. The molecular formula is C10H17. The highest BCUT2D eigenvalue weighted by molar-refractivity contribution is 4.82. The van der Waals surface area contributed by atoms with E-state index in [-0.39, 0.29) is 0 Å². The lowest BCUT2D eigenvalue weighted by atomic mass is 10.2. The van der Waals surface area contributed by atoms with Crippen molar-refractivity contribution >= 4 is 0 Å². The Morgan fingerprint density at radius 2 is 1.70 bits per heavy atom. The third kappa shape index (κ3) is 7.48. The molecule has 1 radical (unpaired) electrons. The van der Waals surface area contributed by atoms with Gasteiger partial charge in [0.2, 0.25) is 0 Å². The minimum atomic E-state index is 0.918. The molecule has 0 aliphatic heterocycles. The van der Waals surface area contributed by atoms with E-state index in [1.54, 1.807) is 0 Å². The molecule has 0 saturated carbocycles. The molecule has 0 aromatic carbocycles. The summed E-state index contributed by atoms with van der Waals surface area (Å²) >= 11 is 0. The van der Waals surface area contributed by atoms with E-state index < -0.39 is 0 Å². The third-order valence-corrected chi connectivity index (χ3v) is 1.36. The van der Waals surface area contributed by atoms with Crippen molar-refractivity contribution in [3.05, 3.63) is 31.7 Å². The molecule has 0 unspecified atom stereocenters. The van der Waals surface area contributed by atoms with Gasteiger partial charge in [-0.15, -0.1) is 6.58 Å². The number of hydrogen-bond donors (Lipinski definition) is 0. The molecule has 0 aliphatic rings. The third-order valence-electron chi connectivity index (χ3n) is 1.36. The number of unbranched alkanes of at least 4 members (excludes halogenated alkanes) is 3. The predicted molar refractivity (Wildman–Crippen MR) is 47.8 cm³/mol. The fourth-order valence-corrected chi connectivity index (χ4v) is 0.787. The minimum Gasteiger partial charge on any atom is -0.103 e. The second kappa shape index (κ2) is 8.48. The van der Waals surface area contributed by atoms with E-state index in [0.29, 0.717) is 0 Å². The van der Waals surface area contributed by atoms with Crippen LogP contribution >= 0.6 is 0 Å². The number of allylic oxidation sites excluding steroid dienone is 3. The summed E-state index contributed by atoms with van der Waals surface area (Å²) in [6.45, 7) is 7.38. The predicted octanol–water partition coefficient (Wildman–Crippen LogP) is 3.51. The molecule has 0 heterocycles. The van der Waals surface area contributed by atoms with Crippen LogP contribution in [-0.4, -0.2) is 0 Å². The Morgan fingerprint density at radius 3 is 2.30 bits per heavy atom. The average Bonchev–Trinajstić information content (AvgIpc) is 1.97. The van der Waals surface area contributed by atoms with E-state index in [0.717, 1.165) is 12.8 Å². The van der Waals surface area contributed by atoms with E-state index in [1.807, 2.05) is 6.08 Å². The quantitative estimate of drug-likeness (QED) is 0.388. The molecule has 0 spiro atoms. The lowest BCUT2D eigenvalue weighted by Gasteiger charge is -1.90. The average molecular weight is 137 g/mol. The van der Waals surface area contributed by atoms with Gasteiger partial charge in [-0.1, -0.05) is 18.2 Å². The van der Waals surface area contributed by atoms with Crippen LogP contribution in [0.2, 0.25) is 0 Å². The van der Waals surface area contributed by atoms with Gasteiger partial charge in [-0.2, -0.15) is 0 Å². The highest BCUT2D eigenvalue weighted by Gasteiger charge is 1.80. The molecule has 0 saturated heterocycles. The summed E-state index contributed by atoms with van der Waals surface area (Å²) < 4.78 is 0. The Bertz CT molecular complexity index is 90.2. The first kappa shape index (κ1) is 9.48. The Hall–Kier alpha value is -0.520. The number of rotatable bonds is 6. The van der Waals surface area contributed by atoms with Crippen LogP contribution < -0.4 is 0 Å². The van der Waals surface area contributed by atoms with Crippen LogP contribution in [0.5, 0.6) is 0 Å². The summed E-state index contributed by atoms with van der Waals surface area (Å²) in [6, 6.07) is 0. The molecule has 0 bridgehead atoms.